The molecule has 2 N–H and O–H groups in total. The molecule has 0 radical (unpaired) electrons. The van der Waals surface area contributed by atoms with E-state index in [1.165, 1.54) is 0 Å². The van der Waals surface area contributed by atoms with Gasteiger partial charge in [0.1, 0.15) is 0 Å². The minimum atomic E-state index is -4.92. The number of alkyl halides is 3. The highest BCUT2D eigenvalue weighted by molar-refractivity contribution is 5.94. The fraction of sp³-hybridized carbons (Fsp3) is 0.200. The van der Waals surface area contributed by atoms with E-state index in [1.807, 2.05) is 29.1 Å². The monoisotopic (exact) mass is 325 g/mol. The normalized spacial score (nSPS) is 11.1. The van der Waals surface area contributed by atoms with Crippen LogP contribution < -0.4 is 10.6 Å². The summed E-state index contributed by atoms with van der Waals surface area (Å²) < 4.78 is 37.7. The Labute approximate surface area is 130 Å². The maximum Gasteiger partial charge on any atom is 0.471 e. The van der Waals surface area contributed by atoms with Crippen LogP contribution in [0.5, 0.6) is 0 Å². The molecule has 2 aromatic rings. The van der Waals surface area contributed by atoms with Crippen LogP contribution in [0.4, 0.5) is 13.2 Å². The van der Waals surface area contributed by atoms with Gasteiger partial charge in [0.15, 0.2) is 0 Å². The first kappa shape index (κ1) is 16.6. The third-order valence-corrected chi connectivity index (χ3v) is 2.99. The summed E-state index contributed by atoms with van der Waals surface area (Å²) in [5.74, 6) is -2.45. The highest BCUT2D eigenvalue weighted by atomic mass is 19.4. The molecule has 0 saturated heterocycles. The molecule has 0 fully saturated rings. The Kier molecular flexibility index (Phi) is 5.05. The van der Waals surface area contributed by atoms with Gasteiger partial charge >= 0.3 is 12.1 Å². The molecule has 1 heterocycles. The average Bonchev–Trinajstić information content (AvgIpc) is 3.04. The van der Waals surface area contributed by atoms with Gasteiger partial charge in [-0.3, -0.25) is 9.59 Å². The second kappa shape index (κ2) is 6.99. The maximum atomic E-state index is 12.0. The van der Waals surface area contributed by atoms with Gasteiger partial charge in [0.05, 0.1) is 0 Å². The van der Waals surface area contributed by atoms with Crippen molar-refractivity contribution in [2.75, 3.05) is 13.1 Å². The first-order valence-corrected chi connectivity index (χ1v) is 6.74. The molecule has 1 aromatic carbocycles. The smallest absolute Gasteiger partial charge is 0.350 e. The molecule has 0 aliphatic rings. The summed E-state index contributed by atoms with van der Waals surface area (Å²) in [4.78, 5) is 22.4. The van der Waals surface area contributed by atoms with Gasteiger partial charge in [-0.1, -0.05) is 0 Å². The lowest BCUT2D eigenvalue weighted by atomic mass is 10.2. The van der Waals surface area contributed by atoms with Gasteiger partial charge < -0.3 is 15.2 Å². The molecule has 0 atom stereocenters. The lowest BCUT2D eigenvalue weighted by Gasteiger charge is -2.09. The molecule has 5 nitrogen and oxygen atoms in total. The van der Waals surface area contributed by atoms with Crippen LogP contribution in [0.15, 0.2) is 48.8 Å². The molecule has 0 bridgehead atoms. The van der Waals surface area contributed by atoms with E-state index in [2.05, 4.69) is 5.32 Å². The van der Waals surface area contributed by atoms with Gasteiger partial charge in [0.25, 0.3) is 5.91 Å². The predicted molar refractivity (Wildman–Crippen MR) is 77.2 cm³/mol. The van der Waals surface area contributed by atoms with Crippen LogP contribution >= 0.6 is 0 Å². The highest BCUT2D eigenvalue weighted by Gasteiger charge is 2.38. The minimum Gasteiger partial charge on any atom is -0.350 e. The van der Waals surface area contributed by atoms with Crippen LogP contribution in [0.25, 0.3) is 5.69 Å². The van der Waals surface area contributed by atoms with E-state index in [4.69, 9.17) is 0 Å². The fourth-order valence-electron chi connectivity index (χ4n) is 1.85. The number of halogens is 3. The number of hydrogen-bond acceptors (Lipinski definition) is 2. The molecule has 0 spiro atoms. The van der Waals surface area contributed by atoms with E-state index < -0.39 is 18.0 Å². The molecule has 1 aromatic heterocycles. The fourth-order valence-corrected chi connectivity index (χ4v) is 1.85. The maximum absolute atomic E-state index is 12.0. The Morgan fingerprint density at radius 3 is 2.09 bits per heavy atom. The number of amides is 2. The summed E-state index contributed by atoms with van der Waals surface area (Å²) >= 11 is 0. The van der Waals surface area contributed by atoms with Crippen molar-refractivity contribution >= 4 is 11.8 Å². The number of nitrogens with one attached hydrogen (secondary N) is 2. The van der Waals surface area contributed by atoms with Crippen LogP contribution in [0, 0.1) is 0 Å². The van der Waals surface area contributed by atoms with Crippen LogP contribution in [0.3, 0.4) is 0 Å². The van der Waals surface area contributed by atoms with Crippen molar-refractivity contribution in [3.05, 3.63) is 54.4 Å². The second-order valence-corrected chi connectivity index (χ2v) is 4.65. The van der Waals surface area contributed by atoms with Gasteiger partial charge in [0, 0.05) is 36.7 Å². The van der Waals surface area contributed by atoms with Crippen molar-refractivity contribution in [1.82, 2.24) is 15.2 Å². The lowest BCUT2D eigenvalue weighted by molar-refractivity contribution is -0.173. The Morgan fingerprint density at radius 2 is 1.52 bits per heavy atom. The van der Waals surface area contributed by atoms with Crippen molar-refractivity contribution in [1.29, 1.82) is 0 Å². The van der Waals surface area contributed by atoms with Crippen molar-refractivity contribution < 1.29 is 22.8 Å². The predicted octanol–water partition coefficient (Wildman–Crippen LogP) is 1.89. The molecule has 8 heteroatoms. The Balaban J connectivity index is 1.81. The number of benzene rings is 1. The second-order valence-electron chi connectivity index (χ2n) is 4.65. The van der Waals surface area contributed by atoms with Crippen LogP contribution in [0.2, 0.25) is 0 Å². The summed E-state index contributed by atoms with van der Waals surface area (Å²) in [5.41, 5.74) is 1.26. The number of aromatic nitrogens is 1. The van der Waals surface area contributed by atoms with Crippen LogP contribution in [0.1, 0.15) is 10.4 Å². The van der Waals surface area contributed by atoms with Crippen molar-refractivity contribution in [2.45, 2.75) is 6.18 Å². The van der Waals surface area contributed by atoms with Crippen molar-refractivity contribution in [2.24, 2.45) is 0 Å². The zero-order valence-electron chi connectivity index (χ0n) is 11.9. The number of hydrogen-bond donors (Lipinski definition) is 2. The van der Waals surface area contributed by atoms with E-state index in [0.717, 1.165) is 5.69 Å². The van der Waals surface area contributed by atoms with E-state index in [9.17, 15) is 22.8 Å². The van der Waals surface area contributed by atoms with Gasteiger partial charge in [-0.2, -0.15) is 13.2 Å². The SMILES string of the molecule is O=C(NCCNC(=O)C(F)(F)F)c1ccc(-n2cccc2)cc1. The number of carbonyl (C=O) groups excluding carboxylic acids is 2. The number of rotatable bonds is 5. The first-order chi connectivity index (χ1) is 10.9. The zero-order chi connectivity index (χ0) is 16.9. The van der Waals surface area contributed by atoms with Gasteiger partial charge in [0.2, 0.25) is 0 Å². The molecular formula is C15H14F3N3O2. The van der Waals surface area contributed by atoms with Crippen LogP contribution in [-0.2, 0) is 4.79 Å². The third-order valence-electron chi connectivity index (χ3n) is 2.99. The van der Waals surface area contributed by atoms with Crippen molar-refractivity contribution in [3.63, 3.8) is 0 Å². The first-order valence-electron chi connectivity index (χ1n) is 6.74. The molecule has 0 unspecified atom stereocenters. The summed E-state index contributed by atoms with van der Waals surface area (Å²) in [7, 11) is 0. The van der Waals surface area contributed by atoms with E-state index in [-0.39, 0.29) is 13.1 Å². The molecule has 0 saturated carbocycles. The number of nitrogens with zero attached hydrogens (tertiary/aromatic N) is 1. The molecule has 2 rings (SSSR count). The van der Waals surface area contributed by atoms with Gasteiger partial charge in [-0.05, 0) is 36.4 Å². The Morgan fingerprint density at radius 1 is 0.957 bits per heavy atom. The molecule has 122 valence electrons. The van der Waals surface area contributed by atoms with E-state index in [1.54, 1.807) is 29.6 Å². The third kappa shape index (κ3) is 4.60. The summed E-state index contributed by atoms with van der Waals surface area (Å²) in [6, 6.07) is 10.5. The molecular weight excluding hydrogens is 311 g/mol. The highest BCUT2D eigenvalue weighted by Crippen LogP contribution is 2.13. The molecule has 0 aliphatic heterocycles. The average molecular weight is 325 g/mol. The Bertz CT molecular complexity index is 664. The quantitative estimate of drug-likeness (QED) is 0.825. The van der Waals surface area contributed by atoms with Gasteiger partial charge in [-0.15, -0.1) is 0 Å². The Hall–Kier alpha value is -2.77. The molecule has 2 amide bonds. The largest absolute Gasteiger partial charge is 0.471 e. The summed E-state index contributed by atoms with van der Waals surface area (Å²) in [5, 5.41) is 4.11. The minimum absolute atomic E-state index is 0.0972. The zero-order valence-corrected chi connectivity index (χ0v) is 11.9. The number of carbonyl (C=O) groups is 2. The molecule has 23 heavy (non-hydrogen) atoms. The summed E-state index contributed by atoms with van der Waals surface area (Å²) in [6.45, 7) is -0.397. The van der Waals surface area contributed by atoms with Crippen molar-refractivity contribution in [3.8, 4) is 5.69 Å². The van der Waals surface area contributed by atoms with Gasteiger partial charge in [-0.25, -0.2) is 0 Å². The lowest BCUT2D eigenvalue weighted by Crippen LogP contribution is -2.41. The topological polar surface area (TPSA) is 63.1 Å². The van der Waals surface area contributed by atoms with Crippen LogP contribution in [-0.4, -0.2) is 35.6 Å². The molecule has 0 aliphatic carbocycles. The standard InChI is InChI=1S/C15H14F3N3O2/c16-15(17,18)14(23)20-8-7-19-13(22)11-3-5-12(6-4-11)21-9-1-2-10-21/h1-6,9-10H,7-8H2,(H,19,22)(H,20,23). The van der Waals surface area contributed by atoms with E-state index in [0.29, 0.717) is 5.56 Å². The summed E-state index contributed by atoms with van der Waals surface area (Å²) in [6.07, 6.45) is -1.20. The van der Waals surface area contributed by atoms with E-state index >= 15 is 0 Å².